The molecule has 8 nitrogen and oxygen atoms in total. The van der Waals surface area contributed by atoms with Crippen molar-refractivity contribution in [2.45, 2.75) is 38.9 Å². The predicted octanol–water partition coefficient (Wildman–Crippen LogP) is 2.25. The van der Waals surface area contributed by atoms with E-state index in [9.17, 15) is 0 Å². The van der Waals surface area contributed by atoms with E-state index in [0.29, 0.717) is 23.6 Å². The lowest BCUT2D eigenvalue weighted by Gasteiger charge is -2.30. The molecule has 154 valence electrons. The summed E-state index contributed by atoms with van der Waals surface area (Å²) in [6.07, 6.45) is 2.32. The molecule has 0 bridgehead atoms. The number of nitrogens with zero attached hydrogens (tertiary/aromatic N) is 6. The van der Waals surface area contributed by atoms with Gasteiger partial charge in [-0.3, -0.25) is 4.90 Å². The largest absolute Gasteiger partial charge is 0.418 e. The van der Waals surface area contributed by atoms with Crippen molar-refractivity contribution in [3.63, 3.8) is 0 Å². The van der Waals surface area contributed by atoms with Gasteiger partial charge in [-0.15, -0.1) is 10.2 Å². The number of fused-ring (bicyclic) bond motifs is 2. The van der Waals surface area contributed by atoms with Crippen molar-refractivity contribution < 1.29 is 4.42 Å². The quantitative estimate of drug-likeness (QED) is 0.713. The third-order valence-electron chi connectivity index (χ3n) is 6.46. The average molecular weight is 403 g/mol. The van der Waals surface area contributed by atoms with Crippen LogP contribution in [0.4, 0.5) is 5.82 Å². The fourth-order valence-electron chi connectivity index (χ4n) is 5.02. The van der Waals surface area contributed by atoms with Crippen LogP contribution in [0.5, 0.6) is 0 Å². The van der Waals surface area contributed by atoms with Gasteiger partial charge in [0, 0.05) is 57.8 Å². The summed E-state index contributed by atoms with van der Waals surface area (Å²) >= 11 is 0. The maximum Gasteiger partial charge on any atom is 0.285 e. The van der Waals surface area contributed by atoms with Crippen LogP contribution in [0.2, 0.25) is 0 Å². The van der Waals surface area contributed by atoms with Crippen LogP contribution in [0.15, 0.2) is 28.7 Å². The maximum atomic E-state index is 5.65. The first-order chi connectivity index (χ1) is 14.8. The zero-order chi connectivity index (χ0) is 20.1. The van der Waals surface area contributed by atoms with Crippen molar-refractivity contribution >= 4 is 5.82 Å². The van der Waals surface area contributed by atoms with Gasteiger partial charge >= 0.3 is 0 Å². The summed E-state index contributed by atoms with van der Waals surface area (Å²) in [4.78, 5) is 14.7. The van der Waals surface area contributed by atoms with Crippen molar-refractivity contribution in [3.8, 4) is 11.7 Å². The van der Waals surface area contributed by atoms with Crippen molar-refractivity contribution in [2.75, 3.05) is 31.1 Å². The number of aromatic nitrogens is 4. The van der Waals surface area contributed by atoms with Gasteiger partial charge in [-0.1, -0.05) is 24.3 Å². The number of benzene rings is 1. The zero-order valence-corrected chi connectivity index (χ0v) is 17.1. The van der Waals surface area contributed by atoms with Crippen molar-refractivity contribution in [1.29, 1.82) is 0 Å². The molecule has 0 spiro atoms. The van der Waals surface area contributed by atoms with E-state index in [4.69, 9.17) is 14.4 Å². The van der Waals surface area contributed by atoms with E-state index < -0.39 is 0 Å². The molecule has 0 amide bonds. The Hall–Kier alpha value is -2.84. The van der Waals surface area contributed by atoms with Crippen molar-refractivity contribution in [3.05, 3.63) is 52.5 Å². The molecule has 1 aliphatic carbocycles. The summed E-state index contributed by atoms with van der Waals surface area (Å²) in [6.45, 7) is 7.32. The Morgan fingerprint density at radius 3 is 2.77 bits per heavy atom. The number of nitrogens with one attached hydrogen (secondary N) is 1. The monoisotopic (exact) mass is 403 g/mol. The smallest absolute Gasteiger partial charge is 0.285 e. The Labute approximate surface area is 175 Å². The number of hydrogen-bond acceptors (Lipinski definition) is 8. The van der Waals surface area contributed by atoms with Gasteiger partial charge in [-0.25, -0.2) is 9.97 Å². The van der Waals surface area contributed by atoms with E-state index in [0.717, 1.165) is 57.2 Å². The molecule has 3 aliphatic rings. The lowest BCUT2D eigenvalue weighted by molar-refractivity contribution is 0.199. The highest BCUT2D eigenvalue weighted by atomic mass is 16.4. The molecule has 0 saturated carbocycles. The summed E-state index contributed by atoms with van der Waals surface area (Å²) in [6, 6.07) is 9.29. The minimum absolute atomic E-state index is 0.399. The molecule has 0 radical (unpaired) electrons. The van der Waals surface area contributed by atoms with Crippen LogP contribution in [0.3, 0.4) is 0 Å². The molecule has 4 heterocycles. The van der Waals surface area contributed by atoms with Crippen molar-refractivity contribution in [2.24, 2.45) is 0 Å². The van der Waals surface area contributed by atoms with Crippen molar-refractivity contribution in [1.82, 2.24) is 30.4 Å². The number of aryl methyl sites for hydroxylation is 2. The molecule has 1 N–H and O–H groups in total. The molecule has 1 aromatic carbocycles. The molecule has 1 atom stereocenters. The first kappa shape index (κ1) is 18.0. The van der Waals surface area contributed by atoms with E-state index in [1.165, 1.54) is 23.1 Å². The van der Waals surface area contributed by atoms with Gasteiger partial charge in [0.15, 0.2) is 0 Å². The Bertz CT molecular complexity index is 1090. The van der Waals surface area contributed by atoms with Gasteiger partial charge in [0.1, 0.15) is 5.82 Å². The number of anilines is 1. The molecule has 2 aliphatic heterocycles. The normalized spacial score (nSPS) is 21.1. The van der Waals surface area contributed by atoms with Gasteiger partial charge in [-0.05, 0) is 24.0 Å². The molecular weight excluding hydrogens is 378 g/mol. The van der Waals surface area contributed by atoms with Gasteiger partial charge in [0.25, 0.3) is 5.89 Å². The van der Waals surface area contributed by atoms with E-state index in [1.54, 1.807) is 6.92 Å². The fourth-order valence-corrected chi connectivity index (χ4v) is 5.02. The summed E-state index contributed by atoms with van der Waals surface area (Å²) in [5, 5.41) is 11.6. The minimum atomic E-state index is 0.399. The lowest BCUT2D eigenvalue weighted by Crippen LogP contribution is -2.44. The van der Waals surface area contributed by atoms with Crippen LogP contribution in [-0.2, 0) is 19.5 Å². The third-order valence-corrected chi connectivity index (χ3v) is 6.46. The van der Waals surface area contributed by atoms with Crippen LogP contribution < -0.4 is 10.2 Å². The summed E-state index contributed by atoms with van der Waals surface area (Å²) < 4.78 is 5.65. The minimum Gasteiger partial charge on any atom is -0.418 e. The van der Waals surface area contributed by atoms with E-state index in [2.05, 4.69) is 49.6 Å². The molecule has 3 aromatic rings. The van der Waals surface area contributed by atoms with Gasteiger partial charge < -0.3 is 14.6 Å². The number of piperazine rings is 1. The summed E-state index contributed by atoms with van der Waals surface area (Å²) in [5.74, 6) is 2.50. The molecular formula is C22H25N7O. The zero-order valence-electron chi connectivity index (χ0n) is 17.1. The molecule has 1 unspecified atom stereocenters. The Balaban J connectivity index is 1.38. The van der Waals surface area contributed by atoms with Crippen LogP contribution in [0.1, 0.15) is 40.7 Å². The highest BCUT2D eigenvalue weighted by Gasteiger charge is 2.35. The topological polar surface area (TPSA) is 83.2 Å². The first-order valence-electron chi connectivity index (χ1n) is 10.7. The molecule has 8 heteroatoms. The summed E-state index contributed by atoms with van der Waals surface area (Å²) in [7, 11) is 0. The Morgan fingerprint density at radius 1 is 1.07 bits per heavy atom. The van der Waals surface area contributed by atoms with Crippen LogP contribution in [0, 0.1) is 6.92 Å². The van der Waals surface area contributed by atoms with E-state index >= 15 is 0 Å². The molecule has 30 heavy (non-hydrogen) atoms. The molecule has 1 saturated heterocycles. The molecule has 2 aromatic heterocycles. The highest BCUT2D eigenvalue weighted by molar-refractivity contribution is 5.56. The third kappa shape index (κ3) is 2.98. The van der Waals surface area contributed by atoms with Crippen LogP contribution >= 0.6 is 0 Å². The van der Waals surface area contributed by atoms with Gasteiger partial charge in [0.05, 0.1) is 5.69 Å². The van der Waals surface area contributed by atoms with Crippen LogP contribution in [0.25, 0.3) is 11.7 Å². The number of hydrogen-bond donors (Lipinski definition) is 1. The predicted molar refractivity (Wildman–Crippen MR) is 112 cm³/mol. The second kappa shape index (κ2) is 7.14. The lowest BCUT2D eigenvalue weighted by atomic mass is 10.1. The highest BCUT2D eigenvalue weighted by Crippen LogP contribution is 2.41. The standard InChI is InChI=1S/C22H25N7O/c1-14-26-27-22(30-14)20-24-18-13-29(19-7-6-15-4-2-3-5-16(15)19)12-17(18)21(25-20)28-10-8-23-9-11-28/h2-5,19,23H,6-13H2,1H3. The Morgan fingerprint density at radius 2 is 1.93 bits per heavy atom. The number of rotatable bonds is 3. The molecule has 1 fully saturated rings. The SMILES string of the molecule is Cc1nnc(-c2nc3c(c(N4CCNCC4)n2)CN(C2CCc4ccccc42)C3)o1. The second-order valence-corrected chi connectivity index (χ2v) is 8.32. The fraction of sp³-hybridized carbons (Fsp3) is 0.455. The summed E-state index contributed by atoms with van der Waals surface area (Å²) in [5.41, 5.74) is 5.29. The maximum absolute atomic E-state index is 5.65. The second-order valence-electron chi connectivity index (χ2n) is 8.32. The van der Waals surface area contributed by atoms with Crippen LogP contribution in [-0.4, -0.2) is 51.2 Å². The average Bonchev–Trinajstić information content (AvgIpc) is 3.51. The first-order valence-corrected chi connectivity index (χ1v) is 10.7. The van der Waals surface area contributed by atoms with E-state index in [-0.39, 0.29) is 0 Å². The van der Waals surface area contributed by atoms with E-state index in [1.807, 2.05) is 0 Å². The van der Waals surface area contributed by atoms with Gasteiger partial charge in [-0.2, -0.15) is 0 Å². The Kier molecular flexibility index (Phi) is 4.28. The molecule has 6 rings (SSSR count). The van der Waals surface area contributed by atoms with Gasteiger partial charge in [0.2, 0.25) is 11.7 Å².